The molecule has 100 valence electrons. The van der Waals surface area contributed by atoms with Gasteiger partial charge in [-0.15, -0.1) is 0 Å². The second-order valence-corrected chi connectivity index (χ2v) is 6.27. The summed E-state index contributed by atoms with van der Waals surface area (Å²) in [7, 11) is 0. The molecule has 1 saturated carbocycles. The van der Waals surface area contributed by atoms with Crippen molar-refractivity contribution in [3.8, 4) is 0 Å². The molecule has 0 radical (unpaired) electrons. The van der Waals surface area contributed by atoms with Crippen LogP contribution in [0.5, 0.6) is 0 Å². The van der Waals surface area contributed by atoms with Gasteiger partial charge in [-0.05, 0) is 39.0 Å². The van der Waals surface area contributed by atoms with Crippen LogP contribution in [0.25, 0.3) is 0 Å². The van der Waals surface area contributed by atoms with Crippen LogP contribution in [0.2, 0.25) is 0 Å². The smallest absolute Gasteiger partial charge is 0.313 e. The normalized spacial score (nSPS) is 15.9. The fourth-order valence-electron chi connectivity index (χ4n) is 2.43. The molecule has 0 amide bonds. The molecule has 18 heavy (non-hydrogen) atoms. The number of hydrogen-bond acceptors (Lipinski definition) is 3. The van der Waals surface area contributed by atoms with Crippen molar-refractivity contribution in [3.05, 3.63) is 11.9 Å². The number of imidazole rings is 1. The van der Waals surface area contributed by atoms with Gasteiger partial charge >= 0.3 is 5.97 Å². The van der Waals surface area contributed by atoms with E-state index >= 15 is 0 Å². The number of thioether (sulfide) groups is 1. The van der Waals surface area contributed by atoms with Gasteiger partial charge in [-0.1, -0.05) is 18.7 Å². The van der Waals surface area contributed by atoms with E-state index in [0.717, 1.165) is 11.6 Å². The second-order valence-electron chi connectivity index (χ2n) is 5.33. The minimum absolute atomic E-state index is 0.0443. The number of aromatic nitrogens is 2. The van der Waals surface area contributed by atoms with Gasteiger partial charge < -0.3 is 9.67 Å². The maximum Gasteiger partial charge on any atom is 0.313 e. The van der Waals surface area contributed by atoms with Crippen LogP contribution in [-0.4, -0.2) is 26.4 Å². The number of carboxylic acids is 1. The van der Waals surface area contributed by atoms with Gasteiger partial charge in [0, 0.05) is 17.4 Å². The highest BCUT2D eigenvalue weighted by Gasteiger charge is 2.41. The van der Waals surface area contributed by atoms with E-state index in [0.29, 0.717) is 5.92 Å². The quantitative estimate of drug-likeness (QED) is 0.806. The third-order valence-electron chi connectivity index (χ3n) is 3.64. The standard InChI is InChI=1S/C13H20N2O2S/c1-4-10-7-14-12(18-8-11(16)17)15(10)13(2,3)9-5-6-9/h7,9H,4-6,8H2,1-3H3,(H,16,17). The molecule has 1 heterocycles. The molecule has 1 N–H and O–H groups in total. The summed E-state index contributed by atoms with van der Waals surface area (Å²) in [5, 5.41) is 9.64. The summed E-state index contributed by atoms with van der Waals surface area (Å²) >= 11 is 1.32. The van der Waals surface area contributed by atoms with Crippen LogP contribution < -0.4 is 0 Å². The van der Waals surface area contributed by atoms with Crippen molar-refractivity contribution in [2.75, 3.05) is 5.75 Å². The summed E-state index contributed by atoms with van der Waals surface area (Å²) in [6, 6.07) is 0. The zero-order valence-electron chi connectivity index (χ0n) is 11.1. The molecule has 5 heteroatoms. The number of hydrogen-bond donors (Lipinski definition) is 1. The van der Waals surface area contributed by atoms with E-state index in [1.54, 1.807) is 0 Å². The molecule has 4 nitrogen and oxygen atoms in total. The zero-order chi connectivity index (χ0) is 13.3. The van der Waals surface area contributed by atoms with Crippen LogP contribution in [0.4, 0.5) is 0 Å². The van der Waals surface area contributed by atoms with E-state index in [4.69, 9.17) is 5.11 Å². The Labute approximate surface area is 112 Å². The fraction of sp³-hybridized carbons (Fsp3) is 0.692. The third kappa shape index (κ3) is 2.55. The Morgan fingerprint density at radius 2 is 2.28 bits per heavy atom. The molecule has 2 rings (SSSR count). The Hall–Kier alpha value is -0.970. The first kappa shape index (κ1) is 13.5. The highest BCUT2D eigenvalue weighted by atomic mass is 32.2. The maximum atomic E-state index is 10.7. The molecule has 1 aliphatic carbocycles. The average molecular weight is 268 g/mol. The minimum atomic E-state index is -0.795. The summed E-state index contributed by atoms with van der Waals surface area (Å²) in [5.74, 6) is -0.0287. The average Bonchev–Trinajstić information content (AvgIpc) is 3.07. The largest absolute Gasteiger partial charge is 0.481 e. The van der Waals surface area contributed by atoms with E-state index in [1.807, 2.05) is 6.20 Å². The number of rotatable bonds is 6. The molecule has 1 fully saturated rings. The van der Waals surface area contributed by atoms with Crippen LogP contribution >= 0.6 is 11.8 Å². The SMILES string of the molecule is CCc1cnc(SCC(=O)O)n1C(C)(C)C1CC1. The Morgan fingerprint density at radius 3 is 2.78 bits per heavy atom. The molecule has 0 bridgehead atoms. The van der Waals surface area contributed by atoms with Crippen molar-refractivity contribution in [1.29, 1.82) is 0 Å². The van der Waals surface area contributed by atoms with Crippen LogP contribution in [0.1, 0.15) is 39.3 Å². The lowest BCUT2D eigenvalue weighted by atomic mass is 9.98. The van der Waals surface area contributed by atoms with Crippen LogP contribution in [-0.2, 0) is 16.8 Å². The summed E-state index contributed by atoms with van der Waals surface area (Å²) in [6.45, 7) is 6.58. The molecule has 1 aromatic rings. The Morgan fingerprint density at radius 1 is 1.61 bits per heavy atom. The fourth-order valence-corrected chi connectivity index (χ4v) is 3.30. The highest BCUT2D eigenvalue weighted by Crippen LogP contribution is 2.45. The summed E-state index contributed by atoms with van der Waals surface area (Å²) in [6.07, 6.45) is 5.33. The lowest BCUT2D eigenvalue weighted by Crippen LogP contribution is -2.31. The summed E-state index contributed by atoms with van der Waals surface area (Å²) in [5.41, 5.74) is 1.24. The number of carboxylic acid groups (broad SMARTS) is 1. The topological polar surface area (TPSA) is 55.1 Å². The van der Waals surface area contributed by atoms with E-state index < -0.39 is 5.97 Å². The van der Waals surface area contributed by atoms with Gasteiger partial charge in [0.25, 0.3) is 0 Å². The number of carbonyl (C=O) groups is 1. The van der Waals surface area contributed by atoms with Crippen molar-refractivity contribution in [1.82, 2.24) is 9.55 Å². The van der Waals surface area contributed by atoms with Gasteiger partial charge in [0.1, 0.15) is 0 Å². The molecular formula is C13H20N2O2S. The van der Waals surface area contributed by atoms with Crippen molar-refractivity contribution in [2.24, 2.45) is 5.92 Å². The van der Waals surface area contributed by atoms with Gasteiger partial charge in [-0.25, -0.2) is 4.98 Å². The van der Waals surface area contributed by atoms with E-state index in [2.05, 4.69) is 30.3 Å². The van der Waals surface area contributed by atoms with Crippen LogP contribution in [0, 0.1) is 5.92 Å². The zero-order valence-corrected chi connectivity index (χ0v) is 12.0. The monoisotopic (exact) mass is 268 g/mol. The van der Waals surface area contributed by atoms with Gasteiger partial charge in [-0.3, -0.25) is 4.79 Å². The van der Waals surface area contributed by atoms with Crippen molar-refractivity contribution in [3.63, 3.8) is 0 Å². The first-order chi connectivity index (χ1) is 8.46. The summed E-state index contributed by atoms with van der Waals surface area (Å²) < 4.78 is 2.25. The predicted octanol–water partition coefficient (Wildman–Crippen LogP) is 2.77. The maximum absolute atomic E-state index is 10.7. The molecular weight excluding hydrogens is 248 g/mol. The summed E-state index contributed by atoms with van der Waals surface area (Å²) in [4.78, 5) is 15.1. The lowest BCUT2D eigenvalue weighted by molar-refractivity contribution is -0.133. The first-order valence-corrected chi connectivity index (χ1v) is 7.37. The molecule has 0 unspecified atom stereocenters. The Balaban J connectivity index is 2.29. The molecule has 0 saturated heterocycles. The third-order valence-corrected chi connectivity index (χ3v) is 4.58. The first-order valence-electron chi connectivity index (χ1n) is 6.38. The second kappa shape index (κ2) is 4.96. The number of aliphatic carboxylic acids is 1. The van der Waals surface area contributed by atoms with Crippen LogP contribution in [0.3, 0.4) is 0 Å². The van der Waals surface area contributed by atoms with Crippen molar-refractivity contribution >= 4 is 17.7 Å². The van der Waals surface area contributed by atoms with E-state index in [9.17, 15) is 4.79 Å². The molecule has 0 aromatic carbocycles. The molecule has 1 aliphatic rings. The number of aryl methyl sites for hydroxylation is 1. The van der Waals surface area contributed by atoms with Gasteiger partial charge in [0.15, 0.2) is 5.16 Å². The number of nitrogens with zero attached hydrogens (tertiary/aromatic N) is 2. The lowest BCUT2D eigenvalue weighted by Gasteiger charge is -2.30. The van der Waals surface area contributed by atoms with Gasteiger partial charge in [0.2, 0.25) is 0 Å². The van der Waals surface area contributed by atoms with E-state index in [-0.39, 0.29) is 11.3 Å². The highest BCUT2D eigenvalue weighted by molar-refractivity contribution is 7.99. The Kier molecular flexibility index (Phi) is 3.71. The van der Waals surface area contributed by atoms with Gasteiger partial charge in [0.05, 0.1) is 5.75 Å². The molecule has 0 aliphatic heterocycles. The molecule has 0 spiro atoms. The van der Waals surface area contributed by atoms with Crippen LogP contribution in [0.15, 0.2) is 11.4 Å². The molecule has 1 aromatic heterocycles. The van der Waals surface area contributed by atoms with Crippen molar-refractivity contribution in [2.45, 2.75) is 50.7 Å². The van der Waals surface area contributed by atoms with Gasteiger partial charge in [-0.2, -0.15) is 0 Å². The van der Waals surface area contributed by atoms with Crippen molar-refractivity contribution < 1.29 is 9.90 Å². The molecule has 0 atom stereocenters. The Bertz CT molecular complexity index is 450. The minimum Gasteiger partial charge on any atom is -0.481 e. The van der Waals surface area contributed by atoms with E-state index in [1.165, 1.54) is 30.3 Å². The predicted molar refractivity (Wildman–Crippen MR) is 72.0 cm³/mol.